The maximum absolute atomic E-state index is 14.1. The first kappa shape index (κ1) is 24.9. The Labute approximate surface area is 221 Å². The van der Waals surface area contributed by atoms with Crippen LogP contribution in [0.3, 0.4) is 0 Å². The number of ether oxygens (including phenoxy) is 2. The van der Waals surface area contributed by atoms with Crippen molar-refractivity contribution < 1.29 is 24.2 Å². The van der Waals surface area contributed by atoms with Crippen LogP contribution in [0.5, 0.6) is 11.5 Å². The SMILES string of the molecule is C=Cc1ccc2c(c1)C(=O)N(c1ccc(C(C)(C)C)c(Cl)c1)[C@@H](c1ccc3c(c1)OCCO3)[C@@H]2C(=O)O. The number of nitrogens with zero attached hydrogens (tertiary/aromatic N) is 1. The Morgan fingerprint density at radius 3 is 2.43 bits per heavy atom. The van der Waals surface area contributed by atoms with Crippen LogP contribution in [0, 0.1) is 0 Å². The van der Waals surface area contributed by atoms with Crippen LogP contribution in [0.4, 0.5) is 5.69 Å². The molecular formula is C30H28ClNO5. The maximum Gasteiger partial charge on any atom is 0.313 e. The van der Waals surface area contributed by atoms with E-state index in [0.717, 1.165) is 11.1 Å². The van der Waals surface area contributed by atoms with Gasteiger partial charge in [-0.3, -0.25) is 14.5 Å². The van der Waals surface area contributed by atoms with Crippen LogP contribution in [0.25, 0.3) is 6.08 Å². The first-order valence-corrected chi connectivity index (χ1v) is 12.5. The first-order valence-electron chi connectivity index (χ1n) is 12.1. The van der Waals surface area contributed by atoms with Crippen molar-refractivity contribution in [2.24, 2.45) is 0 Å². The van der Waals surface area contributed by atoms with Crippen LogP contribution in [-0.2, 0) is 10.2 Å². The van der Waals surface area contributed by atoms with Crippen molar-refractivity contribution in [3.8, 4) is 11.5 Å². The van der Waals surface area contributed by atoms with E-state index in [0.29, 0.717) is 52.1 Å². The molecule has 2 heterocycles. The number of fused-ring (bicyclic) bond motifs is 2. The number of carboxylic acid groups (broad SMARTS) is 1. The predicted molar refractivity (Wildman–Crippen MR) is 144 cm³/mol. The van der Waals surface area contributed by atoms with Crippen molar-refractivity contribution in [3.63, 3.8) is 0 Å². The van der Waals surface area contributed by atoms with E-state index in [1.54, 1.807) is 48.5 Å². The number of carbonyl (C=O) groups excluding carboxylic acids is 1. The number of amides is 1. The lowest BCUT2D eigenvalue weighted by molar-refractivity contribution is -0.139. The Bertz CT molecular complexity index is 1420. The standard InChI is InChI=1S/C30H28ClNO5/c1-5-17-6-9-20-21(14-17)28(33)32(19-8-10-22(23(31)16-19)30(2,3)4)27(26(20)29(34)35)18-7-11-24-25(15-18)37-13-12-36-24/h5-11,14-16,26-27H,1,12-13H2,2-4H3,(H,34,35)/t26-,27+/m1/s1. The molecule has 0 aliphatic carbocycles. The van der Waals surface area contributed by atoms with Crippen molar-refractivity contribution in [1.82, 2.24) is 0 Å². The van der Waals surface area contributed by atoms with E-state index >= 15 is 0 Å². The molecule has 0 saturated heterocycles. The van der Waals surface area contributed by atoms with Gasteiger partial charge in [-0.2, -0.15) is 0 Å². The van der Waals surface area contributed by atoms with Gasteiger partial charge in [0.05, 0.1) is 6.04 Å². The van der Waals surface area contributed by atoms with E-state index in [1.165, 1.54) is 4.90 Å². The molecule has 2 aliphatic heterocycles. The topological polar surface area (TPSA) is 76.1 Å². The van der Waals surface area contributed by atoms with Gasteiger partial charge in [-0.05, 0) is 58.0 Å². The summed E-state index contributed by atoms with van der Waals surface area (Å²) in [6.07, 6.45) is 1.63. The van der Waals surface area contributed by atoms with Crippen molar-refractivity contribution in [2.75, 3.05) is 18.1 Å². The highest BCUT2D eigenvalue weighted by atomic mass is 35.5. The zero-order chi connectivity index (χ0) is 26.5. The lowest BCUT2D eigenvalue weighted by atomic mass is 9.78. The third kappa shape index (κ3) is 4.36. The monoisotopic (exact) mass is 517 g/mol. The smallest absolute Gasteiger partial charge is 0.313 e. The Morgan fingerprint density at radius 1 is 1.05 bits per heavy atom. The molecule has 0 spiro atoms. The number of aliphatic carboxylic acids is 1. The van der Waals surface area contributed by atoms with Crippen molar-refractivity contribution in [1.29, 1.82) is 0 Å². The Hall–Kier alpha value is -3.77. The van der Waals surface area contributed by atoms with Gasteiger partial charge in [0.25, 0.3) is 5.91 Å². The molecule has 190 valence electrons. The number of hydrogen-bond acceptors (Lipinski definition) is 4. The van der Waals surface area contributed by atoms with E-state index < -0.39 is 17.9 Å². The van der Waals surface area contributed by atoms with Gasteiger partial charge >= 0.3 is 5.97 Å². The van der Waals surface area contributed by atoms with Crippen LogP contribution in [0.15, 0.2) is 61.2 Å². The molecule has 0 radical (unpaired) electrons. The van der Waals surface area contributed by atoms with Crippen LogP contribution in [0.1, 0.15) is 65.3 Å². The summed E-state index contributed by atoms with van der Waals surface area (Å²) in [5.74, 6) is -1.27. The summed E-state index contributed by atoms with van der Waals surface area (Å²) in [7, 11) is 0. The number of carboxylic acids is 1. The lowest BCUT2D eigenvalue weighted by Gasteiger charge is -2.41. The minimum atomic E-state index is -1.04. The van der Waals surface area contributed by atoms with Gasteiger partial charge in [0, 0.05) is 16.3 Å². The molecule has 1 amide bonds. The normalized spacial score (nSPS) is 18.8. The fraction of sp³-hybridized carbons (Fsp3) is 0.267. The van der Waals surface area contributed by atoms with E-state index in [-0.39, 0.29) is 11.3 Å². The molecule has 0 aromatic heterocycles. The van der Waals surface area contributed by atoms with Gasteiger partial charge in [0.1, 0.15) is 19.1 Å². The quantitative estimate of drug-likeness (QED) is 0.421. The molecule has 0 fully saturated rings. The fourth-order valence-corrected chi connectivity index (χ4v) is 5.58. The zero-order valence-corrected chi connectivity index (χ0v) is 21.7. The van der Waals surface area contributed by atoms with Gasteiger partial charge in [-0.1, -0.05) is 69.3 Å². The average molecular weight is 518 g/mol. The van der Waals surface area contributed by atoms with E-state index in [2.05, 4.69) is 27.4 Å². The summed E-state index contributed by atoms with van der Waals surface area (Å²) in [5.41, 5.74) is 3.39. The fourth-order valence-electron chi connectivity index (χ4n) is 5.13. The van der Waals surface area contributed by atoms with Crippen LogP contribution >= 0.6 is 11.6 Å². The molecule has 2 aliphatic rings. The molecule has 37 heavy (non-hydrogen) atoms. The second-order valence-corrected chi connectivity index (χ2v) is 10.7. The second kappa shape index (κ2) is 9.27. The predicted octanol–water partition coefficient (Wildman–Crippen LogP) is 6.62. The Morgan fingerprint density at radius 2 is 1.78 bits per heavy atom. The summed E-state index contributed by atoms with van der Waals surface area (Å²) >= 11 is 6.71. The molecular weight excluding hydrogens is 490 g/mol. The number of carbonyl (C=O) groups is 2. The van der Waals surface area contributed by atoms with Crippen molar-refractivity contribution in [2.45, 2.75) is 38.1 Å². The highest BCUT2D eigenvalue weighted by molar-refractivity contribution is 6.32. The van der Waals surface area contributed by atoms with Gasteiger partial charge < -0.3 is 14.6 Å². The van der Waals surface area contributed by atoms with Gasteiger partial charge in [-0.25, -0.2) is 0 Å². The summed E-state index contributed by atoms with van der Waals surface area (Å²) in [4.78, 5) is 28.5. The third-order valence-corrected chi connectivity index (χ3v) is 7.22. The van der Waals surface area contributed by atoms with Crippen LogP contribution < -0.4 is 14.4 Å². The minimum Gasteiger partial charge on any atom is -0.486 e. The Kier molecular flexibility index (Phi) is 6.24. The number of benzene rings is 3. The molecule has 0 saturated carbocycles. The average Bonchev–Trinajstić information content (AvgIpc) is 2.87. The summed E-state index contributed by atoms with van der Waals surface area (Å²) in [5, 5.41) is 11.0. The lowest BCUT2D eigenvalue weighted by Crippen LogP contribution is -2.45. The van der Waals surface area contributed by atoms with Crippen molar-refractivity contribution in [3.05, 3.63) is 94.0 Å². The zero-order valence-electron chi connectivity index (χ0n) is 21.0. The summed E-state index contributed by atoms with van der Waals surface area (Å²) in [6, 6.07) is 15.1. The second-order valence-electron chi connectivity index (χ2n) is 10.3. The maximum atomic E-state index is 14.1. The highest BCUT2D eigenvalue weighted by Crippen LogP contribution is 2.48. The minimum absolute atomic E-state index is 0.203. The largest absolute Gasteiger partial charge is 0.486 e. The molecule has 1 N–H and O–H groups in total. The number of rotatable bonds is 4. The molecule has 3 aromatic rings. The molecule has 0 unspecified atom stereocenters. The van der Waals surface area contributed by atoms with Crippen LogP contribution in [-0.4, -0.2) is 30.2 Å². The summed E-state index contributed by atoms with van der Waals surface area (Å²) in [6.45, 7) is 10.8. The first-order chi connectivity index (χ1) is 17.6. The molecule has 6 nitrogen and oxygen atoms in total. The van der Waals surface area contributed by atoms with Gasteiger partial charge in [0.2, 0.25) is 0 Å². The van der Waals surface area contributed by atoms with Crippen LogP contribution in [0.2, 0.25) is 5.02 Å². The number of halogens is 1. The van der Waals surface area contributed by atoms with E-state index in [4.69, 9.17) is 21.1 Å². The van der Waals surface area contributed by atoms with Gasteiger partial charge in [-0.15, -0.1) is 0 Å². The molecule has 2 atom stereocenters. The highest BCUT2D eigenvalue weighted by Gasteiger charge is 2.45. The third-order valence-electron chi connectivity index (χ3n) is 6.90. The molecule has 3 aromatic carbocycles. The van der Waals surface area contributed by atoms with E-state index in [1.807, 2.05) is 12.1 Å². The Balaban J connectivity index is 1.75. The summed E-state index contributed by atoms with van der Waals surface area (Å²) < 4.78 is 11.4. The van der Waals surface area contributed by atoms with Gasteiger partial charge in [0.15, 0.2) is 11.5 Å². The number of hydrogen-bond donors (Lipinski definition) is 1. The molecule has 7 heteroatoms. The van der Waals surface area contributed by atoms with E-state index in [9.17, 15) is 14.7 Å². The van der Waals surface area contributed by atoms with Crippen molar-refractivity contribution >= 4 is 35.2 Å². The molecule has 5 rings (SSSR count). The molecule has 0 bridgehead atoms. The number of anilines is 1.